The molecule has 0 aromatic heterocycles. The second-order valence-electron chi connectivity index (χ2n) is 6.05. The van der Waals surface area contributed by atoms with Gasteiger partial charge in [0, 0.05) is 29.2 Å². The zero-order valence-corrected chi connectivity index (χ0v) is 15.2. The monoisotopic (exact) mass is 367 g/mol. The van der Waals surface area contributed by atoms with Gasteiger partial charge in [0.15, 0.2) is 0 Å². The van der Waals surface area contributed by atoms with Crippen molar-refractivity contribution in [3.8, 4) is 5.75 Å². The molecule has 3 aromatic rings. The summed E-state index contributed by atoms with van der Waals surface area (Å²) in [5.74, 6) is 0.814. The number of aliphatic hydroxyl groups excluding tert-OH is 1. The van der Waals surface area contributed by atoms with Crippen molar-refractivity contribution in [2.24, 2.45) is 0 Å². The van der Waals surface area contributed by atoms with E-state index in [0.29, 0.717) is 24.7 Å². The van der Waals surface area contributed by atoms with Crippen molar-refractivity contribution in [2.45, 2.75) is 19.3 Å². The van der Waals surface area contributed by atoms with Gasteiger partial charge in [0.25, 0.3) is 0 Å². The molecule has 4 heteroatoms. The molecule has 3 rings (SSSR count). The summed E-state index contributed by atoms with van der Waals surface area (Å²) < 4.78 is 5.96. The average molecular weight is 368 g/mol. The molecule has 0 aliphatic carbocycles. The first kappa shape index (κ1) is 18.5. The molecule has 3 nitrogen and oxygen atoms in total. The zero-order chi connectivity index (χ0) is 18.2. The van der Waals surface area contributed by atoms with Crippen LogP contribution in [0.4, 0.5) is 0 Å². The molecule has 0 saturated heterocycles. The molecule has 0 radical (unpaired) electrons. The molecule has 0 saturated carbocycles. The van der Waals surface area contributed by atoms with Crippen molar-refractivity contribution in [3.63, 3.8) is 0 Å². The third-order valence-corrected chi connectivity index (χ3v) is 4.52. The van der Waals surface area contributed by atoms with Crippen molar-refractivity contribution >= 4 is 11.6 Å². The van der Waals surface area contributed by atoms with E-state index in [9.17, 15) is 5.11 Å². The Kier molecular flexibility index (Phi) is 6.67. The Morgan fingerprint density at radius 2 is 1.50 bits per heavy atom. The molecule has 0 amide bonds. The van der Waals surface area contributed by atoms with Crippen molar-refractivity contribution < 1.29 is 9.84 Å². The fraction of sp³-hybridized carbons (Fsp3) is 0.182. The molecule has 0 aliphatic heterocycles. The van der Waals surface area contributed by atoms with Crippen LogP contribution in [-0.2, 0) is 13.2 Å². The van der Waals surface area contributed by atoms with Crippen molar-refractivity contribution in [1.82, 2.24) is 5.32 Å². The Morgan fingerprint density at radius 3 is 2.27 bits per heavy atom. The summed E-state index contributed by atoms with van der Waals surface area (Å²) in [6.07, 6.45) is -0.535. The number of rotatable bonds is 8. The van der Waals surface area contributed by atoms with Gasteiger partial charge in [-0.05, 0) is 17.7 Å². The van der Waals surface area contributed by atoms with E-state index in [2.05, 4.69) is 5.32 Å². The lowest BCUT2D eigenvalue weighted by Crippen LogP contribution is -2.21. The van der Waals surface area contributed by atoms with Gasteiger partial charge in [-0.25, -0.2) is 0 Å². The summed E-state index contributed by atoms with van der Waals surface area (Å²) in [7, 11) is 0. The lowest BCUT2D eigenvalue weighted by molar-refractivity contribution is 0.174. The number of benzene rings is 3. The minimum Gasteiger partial charge on any atom is -0.489 e. The van der Waals surface area contributed by atoms with Crippen LogP contribution in [0.2, 0.25) is 5.02 Å². The minimum absolute atomic E-state index is 0.420. The molecule has 0 fully saturated rings. The summed E-state index contributed by atoms with van der Waals surface area (Å²) in [5.41, 5.74) is 2.90. The molecule has 2 N–H and O–H groups in total. The highest BCUT2D eigenvalue weighted by Crippen LogP contribution is 2.22. The van der Waals surface area contributed by atoms with Crippen LogP contribution in [-0.4, -0.2) is 11.7 Å². The Bertz CT molecular complexity index is 823. The molecule has 3 aromatic carbocycles. The number of aliphatic hydroxyl groups is 1. The van der Waals surface area contributed by atoms with Crippen molar-refractivity contribution in [3.05, 3.63) is 101 Å². The largest absolute Gasteiger partial charge is 0.489 e. The van der Waals surface area contributed by atoms with Crippen LogP contribution in [0.3, 0.4) is 0 Å². The summed E-state index contributed by atoms with van der Waals surface area (Å²) in [6.45, 7) is 1.51. The maximum Gasteiger partial charge on any atom is 0.124 e. The lowest BCUT2D eigenvalue weighted by Gasteiger charge is -2.15. The van der Waals surface area contributed by atoms with Crippen LogP contribution in [0.5, 0.6) is 5.75 Å². The van der Waals surface area contributed by atoms with E-state index in [1.165, 1.54) is 0 Å². The topological polar surface area (TPSA) is 41.5 Å². The molecule has 134 valence electrons. The summed E-state index contributed by atoms with van der Waals surface area (Å²) in [6, 6.07) is 25.2. The quantitative estimate of drug-likeness (QED) is 0.604. The normalized spacial score (nSPS) is 11.9. The van der Waals surface area contributed by atoms with Gasteiger partial charge in [-0.15, -0.1) is 0 Å². The number of hydrogen-bond acceptors (Lipinski definition) is 3. The smallest absolute Gasteiger partial charge is 0.124 e. The van der Waals surface area contributed by atoms with Gasteiger partial charge in [-0.3, -0.25) is 0 Å². The van der Waals surface area contributed by atoms with Gasteiger partial charge >= 0.3 is 0 Å². The zero-order valence-electron chi connectivity index (χ0n) is 14.4. The third-order valence-electron chi connectivity index (χ3n) is 4.15. The van der Waals surface area contributed by atoms with Crippen molar-refractivity contribution in [1.29, 1.82) is 0 Å². The molecule has 0 heterocycles. The summed E-state index contributed by atoms with van der Waals surface area (Å²) in [5, 5.41) is 14.2. The second-order valence-corrected chi connectivity index (χ2v) is 6.45. The Morgan fingerprint density at radius 1 is 0.846 bits per heavy atom. The molecule has 0 spiro atoms. The van der Waals surface area contributed by atoms with Gasteiger partial charge in [0.1, 0.15) is 12.4 Å². The van der Waals surface area contributed by atoms with Crippen LogP contribution >= 0.6 is 11.6 Å². The van der Waals surface area contributed by atoms with Crippen LogP contribution in [0, 0.1) is 0 Å². The summed E-state index contributed by atoms with van der Waals surface area (Å²) in [4.78, 5) is 0. The number of hydrogen-bond donors (Lipinski definition) is 2. The summed E-state index contributed by atoms with van der Waals surface area (Å²) >= 11 is 6.19. The highest BCUT2D eigenvalue weighted by atomic mass is 35.5. The molecule has 0 aliphatic rings. The Labute approximate surface area is 159 Å². The van der Waals surface area contributed by atoms with E-state index < -0.39 is 6.10 Å². The van der Waals surface area contributed by atoms with Crippen LogP contribution in [0.1, 0.15) is 22.8 Å². The standard InChI is InChI=1S/C22H22ClNO2/c23-20-12-6-4-11-19(20)16-26-22-13-7-5-10-18(22)14-24-15-21(25)17-8-2-1-3-9-17/h1-13,21,24-25H,14-16H2/t21-/m1/s1. The van der Waals surface area contributed by atoms with Crippen molar-refractivity contribution in [2.75, 3.05) is 6.54 Å². The molecule has 1 atom stereocenters. The number of ether oxygens (including phenoxy) is 1. The first-order valence-corrected chi connectivity index (χ1v) is 8.99. The van der Waals surface area contributed by atoms with Crippen LogP contribution in [0.15, 0.2) is 78.9 Å². The van der Waals surface area contributed by atoms with E-state index >= 15 is 0 Å². The van der Waals surface area contributed by atoms with Gasteiger partial charge < -0.3 is 15.2 Å². The SMILES string of the molecule is O[C@H](CNCc1ccccc1OCc1ccccc1Cl)c1ccccc1. The van der Waals surface area contributed by atoms with Gasteiger partial charge in [0.2, 0.25) is 0 Å². The van der Waals surface area contributed by atoms with Crippen LogP contribution in [0.25, 0.3) is 0 Å². The van der Waals surface area contributed by atoms with Gasteiger partial charge in [0.05, 0.1) is 6.10 Å². The average Bonchev–Trinajstić information content (AvgIpc) is 2.69. The highest BCUT2D eigenvalue weighted by Gasteiger charge is 2.08. The lowest BCUT2D eigenvalue weighted by atomic mass is 10.1. The van der Waals surface area contributed by atoms with Crippen LogP contribution < -0.4 is 10.1 Å². The molecule has 0 bridgehead atoms. The van der Waals surface area contributed by atoms with Gasteiger partial charge in [-0.1, -0.05) is 78.3 Å². The Balaban J connectivity index is 1.56. The van der Waals surface area contributed by atoms with Gasteiger partial charge in [-0.2, -0.15) is 0 Å². The second kappa shape index (κ2) is 9.39. The fourth-order valence-electron chi connectivity index (χ4n) is 2.70. The van der Waals surface area contributed by atoms with E-state index in [4.69, 9.17) is 16.3 Å². The first-order valence-electron chi connectivity index (χ1n) is 8.62. The molecule has 26 heavy (non-hydrogen) atoms. The Hall–Kier alpha value is -2.33. The van der Waals surface area contributed by atoms with E-state index in [-0.39, 0.29) is 0 Å². The highest BCUT2D eigenvalue weighted by molar-refractivity contribution is 6.31. The first-order chi connectivity index (χ1) is 12.7. The minimum atomic E-state index is -0.535. The predicted molar refractivity (Wildman–Crippen MR) is 105 cm³/mol. The molecular weight excluding hydrogens is 346 g/mol. The van der Waals surface area contributed by atoms with E-state index in [0.717, 1.165) is 22.4 Å². The fourth-order valence-corrected chi connectivity index (χ4v) is 2.89. The maximum absolute atomic E-state index is 10.2. The number of halogens is 1. The predicted octanol–water partition coefficient (Wildman–Crippen LogP) is 4.74. The number of nitrogens with one attached hydrogen (secondary N) is 1. The van der Waals surface area contributed by atoms with E-state index in [1.54, 1.807) is 0 Å². The number of para-hydroxylation sites is 1. The third kappa shape index (κ3) is 5.09. The molecule has 0 unspecified atom stereocenters. The maximum atomic E-state index is 10.2. The van der Waals surface area contributed by atoms with E-state index in [1.807, 2.05) is 78.9 Å². The molecular formula is C22H22ClNO2.